The minimum Gasteiger partial charge on any atom is -0.310 e. The smallest absolute Gasteiger partial charge is 0.150 e. The summed E-state index contributed by atoms with van der Waals surface area (Å²) in [6, 6.07) is 8.40. The number of hydrogen-bond acceptors (Lipinski definition) is 2. The van der Waals surface area contributed by atoms with Gasteiger partial charge in [-0.25, -0.2) is 0 Å². The molecule has 0 amide bonds. The van der Waals surface area contributed by atoms with Crippen molar-refractivity contribution in [1.82, 2.24) is 5.32 Å². The summed E-state index contributed by atoms with van der Waals surface area (Å²) in [6.45, 7) is 1.11. The van der Waals surface area contributed by atoms with E-state index in [1.54, 1.807) is 0 Å². The molecule has 1 aliphatic rings. The molecule has 0 saturated carbocycles. The number of aldehydes is 1. The van der Waals surface area contributed by atoms with E-state index in [2.05, 4.69) is 17.4 Å². The van der Waals surface area contributed by atoms with Crippen LogP contribution in [-0.4, -0.2) is 12.8 Å². The predicted octanol–water partition coefficient (Wildman–Crippen LogP) is 2.70. The molecule has 1 atom stereocenters. The molecule has 2 rings (SSSR count). The van der Waals surface area contributed by atoms with Crippen molar-refractivity contribution < 1.29 is 4.79 Å². The molecule has 1 saturated heterocycles. The maximum atomic E-state index is 10.5. The van der Waals surface area contributed by atoms with E-state index in [9.17, 15) is 4.79 Å². The van der Waals surface area contributed by atoms with Crippen LogP contribution in [0.25, 0.3) is 0 Å². The minimum atomic E-state index is 0.480. The van der Waals surface area contributed by atoms with E-state index in [1.807, 2.05) is 12.1 Å². The summed E-state index contributed by atoms with van der Waals surface area (Å²) in [4.78, 5) is 10.5. The molecule has 1 heterocycles. The molecule has 0 bridgehead atoms. The Balaban J connectivity index is 2.09. The van der Waals surface area contributed by atoms with Crippen molar-refractivity contribution in [3.63, 3.8) is 0 Å². The quantitative estimate of drug-likeness (QED) is 0.749. The largest absolute Gasteiger partial charge is 0.310 e. The molecule has 1 aliphatic heterocycles. The second-order valence-electron chi connectivity index (χ2n) is 4.14. The van der Waals surface area contributed by atoms with E-state index in [0.717, 1.165) is 18.4 Å². The second kappa shape index (κ2) is 5.08. The zero-order chi connectivity index (χ0) is 10.5. The van der Waals surface area contributed by atoms with Gasteiger partial charge in [0.25, 0.3) is 0 Å². The Labute approximate surface area is 90.7 Å². The summed E-state index contributed by atoms with van der Waals surface area (Å²) in [5, 5.41) is 3.55. The lowest BCUT2D eigenvalue weighted by atomic mass is 10.0. The van der Waals surface area contributed by atoms with Crippen LogP contribution in [0, 0.1) is 0 Å². The Morgan fingerprint density at radius 1 is 1.13 bits per heavy atom. The van der Waals surface area contributed by atoms with E-state index in [4.69, 9.17) is 0 Å². The number of benzene rings is 1. The molecule has 0 aromatic heterocycles. The average Bonchev–Trinajstić information content (AvgIpc) is 2.58. The first-order valence-electron chi connectivity index (χ1n) is 5.68. The van der Waals surface area contributed by atoms with E-state index in [1.165, 1.54) is 31.2 Å². The zero-order valence-corrected chi connectivity index (χ0v) is 8.91. The van der Waals surface area contributed by atoms with Crippen LogP contribution < -0.4 is 5.32 Å². The van der Waals surface area contributed by atoms with Crippen LogP contribution in [0.2, 0.25) is 0 Å². The SMILES string of the molecule is O=Cc1ccc(C2CCCCCN2)cc1. The van der Waals surface area contributed by atoms with Crippen molar-refractivity contribution in [3.8, 4) is 0 Å². The molecule has 15 heavy (non-hydrogen) atoms. The van der Waals surface area contributed by atoms with Crippen molar-refractivity contribution in [2.45, 2.75) is 31.7 Å². The first-order chi connectivity index (χ1) is 7.40. The van der Waals surface area contributed by atoms with Gasteiger partial charge in [-0.2, -0.15) is 0 Å². The molecule has 1 unspecified atom stereocenters. The Morgan fingerprint density at radius 2 is 1.93 bits per heavy atom. The van der Waals surface area contributed by atoms with Gasteiger partial charge in [-0.05, 0) is 24.9 Å². The molecule has 0 radical (unpaired) electrons. The summed E-state index contributed by atoms with van der Waals surface area (Å²) in [7, 11) is 0. The van der Waals surface area contributed by atoms with Crippen LogP contribution in [0.3, 0.4) is 0 Å². The molecule has 0 aliphatic carbocycles. The molecule has 1 aromatic rings. The van der Waals surface area contributed by atoms with Gasteiger partial charge < -0.3 is 5.32 Å². The van der Waals surface area contributed by atoms with Crippen LogP contribution in [-0.2, 0) is 0 Å². The fourth-order valence-corrected chi connectivity index (χ4v) is 2.12. The van der Waals surface area contributed by atoms with Crippen molar-refractivity contribution in [3.05, 3.63) is 35.4 Å². The maximum Gasteiger partial charge on any atom is 0.150 e. The summed E-state index contributed by atoms with van der Waals surface area (Å²) in [6.07, 6.45) is 6.01. The zero-order valence-electron chi connectivity index (χ0n) is 8.91. The van der Waals surface area contributed by atoms with Crippen LogP contribution in [0.15, 0.2) is 24.3 Å². The topological polar surface area (TPSA) is 29.1 Å². The van der Waals surface area contributed by atoms with Gasteiger partial charge in [0.15, 0.2) is 0 Å². The highest BCUT2D eigenvalue weighted by atomic mass is 16.1. The fraction of sp³-hybridized carbons (Fsp3) is 0.462. The molecule has 80 valence electrons. The van der Waals surface area contributed by atoms with Crippen molar-refractivity contribution >= 4 is 6.29 Å². The van der Waals surface area contributed by atoms with Gasteiger partial charge in [-0.1, -0.05) is 37.1 Å². The molecule has 2 nitrogen and oxygen atoms in total. The van der Waals surface area contributed by atoms with Gasteiger partial charge >= 0.3 is 0 Å². The lowest BCUT2D eigenvalue weighted by Gasteiger charge is -2.16. The highest BCUT2D eigenvalue weighted by Gasteiger charge is 2.12. The number of hydrogen-bond donors (Lipinski definition) is 1. The van der Waals surface area contributed by atoms with Crippen molar-refractivity contribution in [1.29, 1.82) is 0 Å². The lowest BCUT2D eigenvalue weighted by Crippen LogP contribution is -2.20. The number of carbonyl (C=O) groups excluding carboxylic acids is 1. The van der Waals surface area contributed by atoms with Crippen LogP contribution in [0.4, 0.5) is 0 Å². The summed E-state index contributed by atoms with van der Waals surface area (Å²) >= 11 is 0. The fourth-order valence-electron chi connectivity index (χ4n) is 2.12. The highest BCUT2D eigenvalue weighted by Crippen LogP contribution is 2.22. The third kappa shape index (κ3) is 2.66. The van der Waals surface area contributed by atoms with E-state index in [-0.39, 0.29) is 0 Å². The molecular weight excluding hydrogens is 186 g/mol. The minimum absolute atomic E-state index is 0.480. The predicted molar refractivity (Wildman–Crippen MR) is 61.0 cm³/mol. The van der Waals surface area contributed by atoms with Crippen LogP contribution in [0.5, 0.6) is 0 Å². The van der Waals surface area contributed by atoms with E-state index < -0.39 is 0 Å². The van der Waals surface area contributed by atoms with Gasteiger partial charge in [0.2, 0.25) is 0 Å². The van der Waals surface area contributed by atoms with Gasteiger partial charge in [0.05, 0.1) is 0 Å². The number of carbonyl (C=O) groups is 1. The molecule has 1 N–H and O–H groups in total. The van der Waals surface area contributed by atoms with E-state index >= 15 is 0 Å². The standard InChI is InChI=1S/C13H17NO/c15-10-11-5-7-12(8-6-11)13-4-2-1-3-9-14-13/h5-8,10,13-14H,1-4,9H2. The Kier molecular flexibility index (Phi) is 3.51. The molecule has 1 fully saturated rings. The number of rotatable bonds is 2. The normalized spacial score (nSPS) is 22.0. The monoisotopic (exact) mass is 203 g/mol. The summed E-state index contributed by atoms with van der Waals surface area (Å²) < 4.78 is 0. The third-order valence-electron chi connectivity index (χ3n) is 3.04. The maximum absolute atomic E-state index is 10.5. The van der Waals surface area contributed by atoms with Crippen molar-refractivity contribution in [2.24, 2.45) is 0 Å². The highest BCUT2D eigenvalue weighted by molar-refractivity contribution is 5.74. The molecule has 2 heteroatoms. The summed E-state index contributed by atoms with van der Waals surface area (Å²) in [5.74, 6) is 0. The van der Waals surface area contributed by atoms with Crippen LogP contribution >= 0.6 is 0 Å². The Bertz CT molecular complexity index is 310. The molecule has 0 spiro atoms. The van der Waals surface area contributed by atoms with Crippen LogP contribution in [0.1, 0.15) is 47.6 Å². The first-order valence-corrected chi connectivity index (χ1v) is 5.68. The third-order valence-corrected chi connectivity index (χ3v) is 3.04. The van der Waals surface area contributed by atoms with E-state index in [0.29, 0.717) is 6.04 Å². The Morgan fingerprint density at radius 3 is 2.67 bits per heavy atom. The van der Waals surface area contributed by atoms with Gasteiger partial charge in [0, 0.05) is 11.6 Å². The van der Waals surface area contributed by atoms with Crippen molar-refractivity contribution in [2.75, 3.05) is 6.54 Å². The second-order valence-corrected chi connectivity index (χ2v) is 4.14. The Hall–Kier alpha value is -1.15. The average molecular weight is 203 g/mol. The summed E-state index contributed by atoms with van der Waals surface area (Å²) in [5.41, 5.74) is 2.06. The van der Waals surface area contributed by atoms with Gasteiger partial charge in [-0.3, -0.25) is 4.79 Å². The molecular formula is C13H17NO. The van der Waals surface area contributed by atoms with Gasteiger partial charge in [-0.15, -0.1) is 0 Å². The lowest BCUT2D eigenvalue weighted by molar-refractivity contribution is 0.112. The van der Waals surface area contributed by atoms with Gasteiger partial charge in [0.1, 0.15) is 6.29 Å². The first kappa shape index (κ1) is 10.4. The molecule has 1 aromatic carbocycles. The number of nitrogens with one attached hydrogen (secondary N) is 1.